The highest BCUT2D eigenvalue weighted by atomic mass is 16.5. The zero-order valence-corrected chi connectivity index (χ0v) is 12.5. The molecule has 0 fully saturated rings. The molecule has 0 aliphatic carbocycles. The number of rotatable bonds is 5. The monoisotopic (exact) mass is 325 g/mol. The van der Waals surface area contributed by atoms with Gasteiger partial charge >= 0.3 is 0 Å². The molecule has 0 amide bonds. The van der Waals surface area contributed by atoms with Gasteiger partial charge in [-0.1, -0.05) is 54.5 Å². The number of benzene rings is 3. The maximum atomic E-state index is 9.51. The fraction of sp³-hybridized carbons (Fsp3) is 0.0476. The van der Waals surface area contributed by atoms with Crippen molar-refractivity contribution in [3.63, 3.8) is 0 Å². The molecule has 0 aromatic heterocycles. The molecule has 0 aliphatic heterocycles. The zero-order valence-electron chi connectivity index (χ0n) is 19.5. The predicted molar refractivity (Wildman–Crippen MR) is 95.9 cm³/mol. The molecule has 0 spiro atoms. The SMILES string of the molecule is [2H]c1c([2H])c([2H])c(C([2H])([2H])Oc2ccc(/C=C/c3cc(O)cc(O)c3)cc2)c([2H])c1[2H]. The van der Waals surface area contributed by atoms with Gasteiger partial charge in [0, 0.05) is 6.07 Å². The van der Waals surface area contributed by atoms with Crippen LogP contribution in [0.25, 0.3) is 12.2 Å². The van der Waals surface area contributed by atoms with Gasteiger partial charge in [-0.25, -0.2) is 0 Å². The first kappa shape index (κ1) is 9.18. The van der Waals surface area contributed by atoms with Crippen LogP contribution >= 0.6 is 0 Å². The van der Waals surface area contributed by atoms with Crippen LogP contribution in [0.15, 0.2) is 72.7 Å². The van der Waals surface area contributed by atoms with Crippen LogP contribution in [0.4, 0.5) is 0 Å². The molecule has 0 aliphatic rings. The van der Waals surface area contributed by atoms with Crippen LogP contribution in [0.2, 0.25) is 0 Å². The van der Waals surface area contributed by atoms with E-state index in [0.29, 0.717) is 5.56 Å². The highest BCUT2D eigenvalue weighted by molar-refractivity contribution is 5.71. The second kappa shape index (κ2) is 7.38. The first-order valence-corrected chi connectivity index (χ1v) is 7.07. The molecule has 3 aromatic rings. The average molecular weight is 325 g/mol. The summed E-state index contributed by atoms with van der Waals surface area (Å²) in [5.74, 6) is -0.0412. The van der Waals surface area contributed by atoms with Gasteiger partial charge in [0.15, 0.2) is 0 Å². The number of ether oxygens (including phenoxy) is 1. The van der Waals surface area contributed by atoms with Crippen molar-refractivity contribution in [2.24, 2.45) is 0 Å². The van der Waals surface area contributed by atoms with Crippen molar-refractivity contribution in [3.05, 3.63) is 89.4 Å². The topological polar surface area (TPSA) is 49.7 Å². The van der Waals surface area contributed by atoms with Crippen LogP contribution in [0.5, 0.6) is 17.2 Å². The Morgan fingerprint density at radius 3 is 2.17 bits per heavy atom. The molecule has 0 radical (unpaired) electrons. The molecule has 0 saturated heterocycles. The largest absolute Gasteiger partial charge is 0.508 e. The van der Waals surface area contributed by atoms with E-state index in [4.69, 9.17) is 14.3 Å². The van der Waals surface area contributed by atoms with Crippen LogP contribution < -0.4 is 4.74 Å². The Balaban J connectivity index is 1.83. The number of hydrogen-bond donors (Lipinski definition) is 2. The lowest BCUT2D eigenvalue weighted by atomic mass is 10.1. The summed E-state index contributed by atoms with van der Waals surface area (Å²) in [6, 6.07) is 7.18. The van der Waals surface area contributed by atoms with E-state index in [1.54, 1.807) is 24.3 Å². The highest BCUT2D eigenvalue weighted by Crippen LogP contribution is 2.22. The molecule has 2 N–H and O–H groups in total. The van der Waals surface area contributed by atoms with Gasteiger partial charge in [-0.3, -0.25) is 0 Å². The van der Waals surface area contributed by atoms with Gasteiger partial charge in [0.1, 0.15) is 23.8 Å². The molecule has 0 atom stereocenters. The molecule has 3 nitrogen and oxygen atoms in total. The number of phenolic OH excluding ortho intramolecular Hbond substituents is 2. The molecule has 0 bridgehead atoms. The molecular formula is C21H18O3. The van der Waals surface area contributed by atoms with Crippen molar-refractivity contribution in [2.75, 3.05) is 0 Å². The Labute approximate surface area is 150 Å². The van der Waals surface area contributed by atoms with Crippen LogP contribution in [0.3, 0.4) is 0 Å². The van der Waals surface area contributed by atoms with E-state index < -0.39 is 42.3 Å². The summed E-state index contributed by atoms with van der Waals surface area (Å²) in [6.45, 7) is -2.66. The fourth-order valence-corrected chi connectivity index (χ4v) is 1.96. The fourth-order valence-electron chi connectivity index (χ4n) is 1.96. The first-order chi connectivity index (χ1) is 14.5. The van der Waals surface area contributed by atoms with E-state index in [9.17, 15) is 10.2 Å². The minimum atomic E-state index is -2.66. The van der Waals surface area contributed by atoms with Gasteiger partial charge in [-0.05, 0) is 41.0 Å². The lowest BCUT2D eigenvalue weighted by molar-refractivity contribution is 0.306. The molecule has 24 heavy (non-hydrogen) atoms. The molecule has 120 valence electrons. The van der Waals surface area contributed by atoms with Crippen LogP contribution in [0, 0.1) is 0 Å². The van der Waals surface area contributed by atoms with Crippen LogP contribution in [0.1, 0.15) is 26.3 Å². The third kappa shape index (κ3) is 4.40. The van der Waals surface area contributed by atoms with E-state index in [1.807, 2.05) is 0 Å². The molecule has 3 heteroatoms. The number of phenols is 2. The van der Waals surface area contributed by atoms with Crippen LogP contribution in [-0.4, -0.2) is 10.2 Å². The minimum Gasteiger partial charge on any atom is -0.508 e. The first-order valence-electron chi connectivity index (χ1n) is 10.6. The summed E-state index contributed by atoms with van der Waals surface area (Å²) in [4.78, 5) is 0. The van der Waals surface area contributed by atoms with Gasteiger partial charge in [0.2, 0.25) is 0 Å². The Kier molecular flexibility index (Phi) is 2.82. The van der Waals surface area contributed by atoms with Gasteiger partial charge in [-0.15, -0.1) is 0 Å². The summed E-state index contributed by atoms with van der Waals surface area (Å²) in [5.41, 5.74) is 0.722. The standard InChI is InChI=1S/C21H18O3/c22-19-12-18(13-20(23)14-19)7-6-16-8-10-21(11-9-16)24-15-17-4-2-1-3-5-17/h1-14,22-23H,15H2/b7-6+/i1D,2D,3D,4D,5D,15D2. The van der Waals surface area contributed by atoms with Crippen molar-refractivity contribution < 1.29 is 24.5 Å². The van der Waals surface area contributed by atoms with Crippen molar-refractivity contribution in [1.29, 1.82) is 0 Å². The second-order valence-electron chi connectivity index (χ2n) is 4.89. The average Bonchev–Trinajstić information content (AvgIpc) is 2.69. The summed E-state index contributed by atoms with van der Waals surface area (Å²) < 4.78 is 60.5. The van der Waals surface area contributed by atoms with E-state index in [1.165, 1.54) is 30.3 Å². The third-order valence-electron chi connectivity index (χ3n) is 3.04. The van der Waals surface area contributed by atoms with Crippen LogP contribution in [-0.2, 0) is 6.56 Å². The smallest absolute Gasteiger partial charge is 0.119 e. The number of aromatic hydroxyl groups is 2. The molecule has 0 saturated carbocycles. The van der Waals surface area contributed by atoms with E-state index in [0.717, 1.165) is 5.56 Å². The maximum Gasteiger partial charge on any atom is 0.119 e. The number of hydrogen-bond acceptors (Lipinski definition) is 3. The Bertz CT molecular complexity index is 1110. The molecular weight excluding hydrogens is 300 g/mol. The Morgan fingerprint density at radius 2 is 1.50 bits per heavy atom. The lowest BCUT2D eigenvalue weighted by Gasteiger charge is -2.06. The molecule has 3 rings (SSSR count). The summed E-state index contributed by atoms with van der Waals surface area (Å²) in [5, 5.41) is 19.0. The second-order valence-corrected chi connectivity index (χ2v) is 4.89. The maximum absolute atomic E-state index is 9.51. The zero-order chi connectivity index (χ0) is 22.9. The summed E-state index contributed by atoms with van der Waals surface area (Å²) >= 11 is 0. The third-order valence-corrected chi connectivity index (χ3v) is 3.04. The Hall–Kier alpha value is -3.20. The van der Waals surface area contributed by atoms with E-state index in [-0.39, 0.29) is 17.2 Å². The van der Waals surface area contributed by atoms with Crippen molar-refractivity contribution in [2.45, 2.75) is 6.56 Å². The predicted octanol–water partition coefficient (Wildman–Crippen LogP) is 4.85. The molecule has 0 heterocycles. The minimum absolute atomic E-state index is 0.0710. The van der Waals surface area contributed by atoms with Crippen molar-refractivity contribution in [3.8, 4) is 17.2 Å². The van der Waals surface area contributed by atoms with Gasteiger partial charge in [0.05, 0.1) is 9.60 Å². The van der Waals surface area contributed by atoms with Gasteiger partial charge in [-0.2, -0.15) is 0 Å². The van der Waals surface area contributed by atoms with Gasteiger partial charge < -0.3 is 14.9 Å². The summed E-state index contributed by atoms with van der Waals surface area (Å²) in [7, 11) is 0. The molecule has 3 aromatic carbocycles. The normalized spacial score (nSPS) is 15.6. The lowest BCUT2D eigenvalue weighted by Crippen LogP contribution is -1.94. The quantitative estimate of drug-likeness (QED) is 0.659. The van der Waals surface area contributed by atoms with Gasteiger partial charge in [0.25, 0.3) is 0 Å². The van der Waals surface area contributed by atoms with Crippen molar-refractivity contribution >= 4 is 12.2 Å². The van der Waals surface area contributed by atoms with E-state index >= 15 is 0 Å². The molecule has 0 unspecified atom stereocenters. The van der Waals surface area contributed by atoms with Crippen molar-refractivity contribution in [1.82, 2.24) is 0 Å². The Morgan fingerprint density at radius 1 is 0.875 bits per heavy atom. The highest BCUT2D eigenvalue weighted by Gasteiger charge is 1.97. The summed E-state index contributed by atoms with van der Waals surface area (Å²) in [6.07, 6.45) is 3.38. The van der Waals surface area contributed by atoms with E-state index in [2.05, 4.69) is 0 Å².